The number of carboxylic acid groups (broad SMARTS) is 1. The molecule has 1 fully saturated rings. The van der Waals surface area contributed by atoms with Crippen LogP contribution in [0.1, 0.15) is 40.5 Å². The Labute approximate surface area is 132 Å². The number of amides is 2. The van der Waals surface area contributed by atoms with Crippen LogP contribution in [0, 0.1) is 17.8 Å². The van der Waals surface area contributed by atoms with Gasteiger partial charge in [-0.3, -0.25) is 9.69 Å². The summed E-state index contributed by atoms with van der Waals surface area (Å²) in [5.41, 5.74) is -0.200. The van der Waals surface area contributed by atoms with Crippen molar-refractivity contribution in [1.29, 1.82) is 0 Å². The third-order valence-corrected chi connectivity index (χ3v) is 4.02. The molecule has 0 aromatic heterocycles. The van der Waals surface area contributed by atoms with Crippen molar-refractivity contribution in [3.05, 3.63) is 0 Å². The molecular formula is C16H27N3O3. The molecule has 1 aliphatic rings. The number of rotatable bonds is 6. The zero-order valence-corrected chi connectivity index (χ0v) is 13.8. The van der Waals surface area contributed by atoms with Gasteiger partial charge >= 0.3 is 12.0 Å². The SMILES string of the molecule is C#CC(NC(=O)NC1CC(N(CC)CC(=O)O)C1)C(C)(C)C. The van der Waals surface area contributed by atoms with Crippen molar-refractivity contribution in [2.24, 2.45) is 5.41 Å². The van der Waals surface area contributed by atoms with Gasteiger partial charge in [-0.25, -0.2) is 4.79 Å². The molecule has 1 rings (SSSR count). The van der Waals surface area contributed by atoms with Gasteiger partial charge in [-0.1, -0.05) is 33.6 Å². The van der Waals surface area contributed by atoms with Crippen molar-refractivity contribution in [3.8, 4) is 12.3 Å². The van der Waals surface area contributed by atoms with E-state index in [0.29, 0.717) is 6.54 Å². The third-order valence-electron chi connectivity index (χ3n) is 4.02. The van der Waals surface area contributed by atoms with Crippen LogP contribution in [-0.2, 0) is 4.79 Å². The Hall–Kier alpha value is -1.74. The highest BCUT2D eigenvalue weighted by molar-refractivity contribution is 5.75. The van der Waals surface area contributed by atoms with E-state index >= 15 is 0 Å². The van der Waals surface area contributed by atoms with Gasteiger partial charge in [0, 0.05) is 12.1 Å². The van der Waals surface area contributed by atoms with E-state index in [4.69, 9.17) is 11.5 Å². The van der Waals surface area contributed by atoms with Gasteiger partial charge in [0.25, 0.3) is 0 Å². The lowest BCUT2D eigenvalue weighted by Gasteiger charge is -2.42. The van der Waals surface area contributed by atoms with E-state index in [1.807, 2.05) is 32.6 Å². The third kappa shape index (κ3) is 5.23. The topological polar surface area (TPSA) is 81.7 Å². The fourth-order valence-corrected chi connectivity index (χ4v) is 2.54. The summed E-state index contributed by atoms with van der Waals surface area (Å²) in [6.45, 7) is 8.60. The maximum atomic E-state index is 12.0. The molecule has 1 aliphatic carbocycles. The summed E-state index contributed by atoms with van der Waals surface area (Å²) in [6, 6.07) is -0.297. The Morgan fingerprint density at radius 1 is 1.41 bits per heavy atom. The minimum Gasteiger partial charge on any atom is -0.480 e. The average Bonchev–Trinajstić information content (AvgIpc) is 2.35. The fraction of sp³-hybridized carbons (Fsp3) is 0.750. The summed E-state index contributed by atoms with van der Waals surface area (Å²) in [5, 5.41) is 14.6. The molecule has 1 atom stereocenters. The van der Waals surface area contributed by atoms with Crippen LogP contribution in [0.15, 0.2) is 0 Å². The first-order valence-corrected chi connectivity index (χ1v) is 7.66. The first-order valence-electron chi connectivity index (χ1n) is 7.66. The van der Waals surface area contributed by atoms with Crippen LogP contribution < -0.4 is 10.6 Å². The second kappa shape index (κ2) is 7.50. The highest BCUT2D eigenvalue weighted by Crippen LogP contribution is 2.25. The number of nitrogens with one attached hydrogen (secondary N) is 2. The van der Waals surface area contributed by atoms with Gasteiger partial charge in [-0.05, 0) is 24.8 Å². The van der Waals surface area contributed by atoms with Crippen LogP contribution in [0.25, 0.3) is 0 Å². The molecule has 22 heavy (non-hydrogen) atoms. The maximum Gasteiger partial charge on any atom is 0.317 e. The van der Waals surface area contributed by atoms with Gasteiger partial charge in [0.1, 0.15) is 0 Å². The number of likely N-dealkylation sites (N-methyl/N-ethyl adjacent to an activating group) is 1. The van der Waals surface area contributed by atoms with Crippen molar-refractivity contribution in [3.63, 3.8) is 0 Å². The first-order chi connectivity index (χ1) is 10.2. The maximum absolute atomic E-state index is 12.0. The second-order valence-electron chi connectivity index (χ2n) is 6.86. The minimum absolute atomic E-state index is 0.0449. The van der Waals surface area contributed by atoms with E-state index in [1.165, 1.54) is 0 Å². The quantitative estimate of drug-likeness (QED) is 0.645. The van der Waals surface area contributed by atoms with E-state index in [1.54, 1.807) is 0 Å². The molecule has 0 aromatic carbocycles. The monoisotopic (exact) mass is 309 g/mol. The van der Waals surface area contributed by atoms with E-state index in [0.717, 1.165) is 12.8 Å². The van der Waals surface area contributed by atoms with Crippen LogP contribution in [0.2, 0.25) is 0 Å². The zero-order valence-electron chi connectivity index (χ0n) is 13.8. The lowest BCUT2D eigenvalue weighted by atomic mass is 9.85. The summed E-state index contributed by atoms with van der Waals surface area (Å²) >= 11 is 0. The summed E-state index contributed by atoms with van der Waals surface area (Å²) in [7, 11) is 0. The largest absolute Gasteiger partial charge is 0.480 e. The molecule has 0 aliphatic heterocycles. The molecule has 0 heterocycles. The molecule has 0 bridgehead atoms. The van der Waals surface area contributed by atoms with Gasteiger partial charge in [0.15, 0.2) is 0 Å². The van der Waals surface area contributed by atoms with E-state index < -0.39 is 5.97 Å². The van der Waals surface area contributed by atoms with Crippen LogP contribution in [0.5, 0.6) is 0 Å². The Morgan fingerprint density at radius 2 is 2.00 bits per heavy atom. The lowest BCUT2D eigenvalue weighted by Crippen LogP contribution is -2.57. The fourth-order valence-electron chi connectivity index (χ4n) is 2.54. The molecular weight excluding hydrogens is 282 g/mol. The van der Waals surface area contributed by atoms with Crippen molar-refractivity contribution < 1.29 is 14.7 Å². The number of carboxylic acids is 1. The molecule has 6 nitrogen and oxygen atoms in total. The Kier molecular flexibility index (Phi) is 6.24. The number of hydrogen-bond acceptors (Lipinski definition) is 3. The summed E-state index contributed by atoms with van der Waals surface area (Å²) in [4.78, 5) is 24.7. The Balaban J connectivity index is 2.38. The van der Waals surface area contributed by atoms with Crippen molar-refractivity contribution >= 4 is 12.0 Å². The summed E-state index contributed by atoms with van der Waals surface area (Å²) in [6.07, 6.45) is 6.99. The molecule has 0 saturated heterocycles. The predicted octanol–water partition coefficient (Wildman–Crippen LogP) is 1.27. The highest BCUT2D eigenvalue weighted by atomic mass is 16.4. The van der Waals surface area contributed by atoms with Gasteiger partial charge in [0.05, 0.1) is 12.6 Å². The van der Waals surface area contributed by atoms with Crippen molar-refractivity contribution in [2.45, 2.75) is 58.7 Å². The minimum atomic E-state index is -0.821. The van der Waals surface area contributed by atoms with Gasteiger partial charge in [0.2, 0.25) is 0 Å². The van der Waals surface area contributed by atoms with E-state index in [9.17, 15) is 9.59 Å². The molecule has 1 unspecified atom stereocenters. The predicted molar refractivity (Wildman–Crippen MR) is 85.4 cm³/mol. The number of carbonyl (C=O) groups is 2. The first kappa shape index (κ1) is 18.3. The number of carbonyl (C=O) groups excluding carboxylic acids is 1. The molecule has 3 N–H and O–H groups in total. The van der Waals surface area contributed by atoms with Crippen LogP contribution in [0.3, 0.4) is 0 Å². The van der Waals surface area contributed by atoms with Crippen molar-refractivity contribution in [1.82, 2.24) is 15.5 Å². The van der Waals surface area contributed by atoms with Gasteiger partial charge < -0.3 is 15.7 Å². The number of aliphatic carboxylic acids is 1. The van der Waals surface area contributed by atoms with E-state index in [2.05, 4.69) is 16.6 Å². The lowest BCUT2D eigenvalue weighted by molar-refractivity contribution is -0.139. The smallest absolute Gasteiger partial charge is 0.317 e. The van der Waals surface area contributed by atoms with Gasteiger partial charge in [-0.15, -0.1) is 6.42 Å². The highest BCUT2D eigenvalue weighted by Gasteiger charge is 2.35. The summed E-state index contributed by atoms with van der Waals surface area (Å²) in [5.74, 6) is 1.77. The normalized spacial score (nSPS) is 22.4. The average molecular weight is 309 g/mol. The number of hydrogen-bond donors (Lipinski definition) is 3. The zero-order chi connectivity index (χ0) is 16.9. The number of terminal acetylenes is 1. The number of nitrogens with zero attached hydrogens (tertiary/aromatic N) is 1. The van der Waals surface area contributed by atoms with E-state index in [-0.39, 0.29) is 36.1 Å². The standard InChI is InChI=1S/C16H27N3O3/c1-6-13(16(3,4)5)18-15(22)17-11-8-12(9-11)19(7-2)10-14(20)21/h1,11-13H,7-10H2,2-5H3,(H,20,21)(H2,17,18,22). The van der Waals surface area contributed by atoms with Gasteiger partial charge in [-0.2, -0.15) is 0 Å². The molecule has 0 radical (unpaired) electrons. The molecule has 0 spiro atoms. The molecule has 0 aromatic rings. The molecule has 6 heteroatoms. The Bertz CT molecular complexity index is 445. The summed E-state index contributed by atoms with van der Waals surface area (Å²) < 4.78 is 0. The molecule has 1 saturated carbocycles. The number of urea groups is 1. The molecule has 124 valence electrons. The van der Waals surface area contributed by atoms with Crippen LogP contribution in [-0.4, -0.2) is 53.2 Å². The van der Waals surface area contributed by atoms with Crippen molar-refractivity contribution in [2.75, 3.05) is 13.1 Å². The van der Waals surface area contributed by atoms with Crippen LogP contribution >= 0.6 is 0 Å². The Morgan fingerprint density at radius 3 is 2.41 bits per heavy atom. The van der Waals surface area contributed by atoms with Crippen LogP contribution in [0.4, 0.5) is 4.79 Å². The molecule has 2 amide bonds. The second-order valence-corrected chi connectivity index (χ2v) is 6.86.